The summed E-state index contributed by atoms with van der Waals surface area (Å²) in [5, 5.41) is 3.97. The molecule has 0 saturated carbocycles. The second-order valence-corrected chi connectivity index (χ2v) is 6.84. The van der Waals surface area contributed by atoms with Crippen molar-refractivity contribution >= 4 is 0 Å². The Morgan fingerprint density at radius 3 is 3.00 bits per heavy atom. The number of halogens is 1. The highest BCUT2D eigenvalue weighted by atomic mass is 19.1. The van der Waals surface area contributed by atoms with E-state index in [0.717, 1.165) is 50.4 Å². The molecule has 1 aromatic carbocycles. The molecule has 0 spiro atoms. The number of aromatic nitrogens is 1. The molecule has 1 aromatic heterocycles. The first-order valence-electron chi connectivity index (χ1n) is 8.74. The Bertz CT molecular complexity index is 617. The summed E-state index contributed by atoms with van der Waals surface area (Å²) >= 11 is 0. The van der Waals surface area contributed by atoms with Crippen molar-refractivity contribution in [1.29, 1.82) is 0 Å². The van der Waals surface area contributed by atoms with Crippen LogP contribution in [0, 0.1) is 11.7 Å². The van der Waals surface area contributed by atoms with Crippen molar-refractivity contribution in [2.45, 2.75) is 25.8 Å². The standard InChI is InChI=1S/C19H26FN3O/c1-22(15-18-9-12-24-21-18)13-16-5-4-10-23(14-16)11-8-17-6-2-3-7-19(17)20/h2-3,6-7,9,12,16H,4-5,8,10-11,13-15H2,1H3/t16-/m1/s1. The largest absolute Gasteiger partial charge is 0.364 e. The van der Waals surface area contributed by atoms with Crippen LogP contribution in [0.2, 0.25) is 0 Å². The topological polar surface area (TPSA) is 32.5 Å². The molecule has 5 heteroatoms. The fraction of sp³-hybridized carbons (Fsp3) is 0.526. The second-order valence-electron chi connectivity index (χ2n) is 6.84. The van der Waals surface area contributed by atoms with E-state index in [2.05, 4.69) is 22.0 Å². The van der Waals surface area contributed by atoms with Crippen molar-refractivity contribution in [3.05, 3.63) is 53.7 Å². The molecule has 0 radical (unpaired) electrons. The lowest BCUT2D eigenvalue weighted by molar-refractivity contribution is 0.141. The predicted molar refractivity (Wildman–Crippen MR) is 92.1 cm³/mol. The minimum atomic E-state index is -0.0848. The molecule has 0 unspecified atom stereocenters. The molecule has 0 aliphatic carbocycles. The van der Waals surface area contributed by atoms with E-state index in [1.54, 1.807) is 18.4 Å². The molecule has 3 rings (SSSR count). The van der Waals surface area contributed by atoms with Crippen molar-refractivity contribution in [1.82, 2.24) is 15.0 Å². The zero-order valence-electron chi connectivity index (χ0n) is 14.3. The number of rotatable bonds is 7. The lowest BCUT2D eigenvalue weighted by Crippen LogP contribution is -2.40. The zero-order chi connectivity index (χ0) is 16.8. The van der Waals surface area contributed by atoms with Gasteiger partial charge < -0.3 is 14.3 Å². The van der Waals surface area contributed by atoms with E-state index in [0.29, 0.717) is 5.92 Å². The highest BCUT2D eigenvalue weighted by Gasteiger charge is 2.21. The molecule has 2 aromatic rings. The number of likely N-dealkylation sites (tertiary alicyclic amines) is 1. The normalized spacial score (nSPS) is 19.0. The third-order valence-corrected chi connectivity index (χ3v) is 4.75. The average Bonchev–Trinajstić information content (AvgIpc) is 3.07. The summed E-state index contributed by atoms with van der Waals surface area (Å²) in [4.78, 5) is 4.79. The molecule has 4 nitrogen and oxygen atoms in total. The minimum absolute atomic E-state index is 0.0848. The maximum absolute atomic E-state index is 13.7. The van der Waals surface area contributed by atoms with Crippen molar-refractivity contribution in [3.8, 4) is 0 Å². The predicted octanol–water partition coefficient (Wildman–Crippen LogP) is 3.20. The first-order valence-corrected chi connectivity index (χ1v) is 8.74. The Hall–Kier alpha value is -1.72. The molecule has 1 saturated heterocycles. The summed E-state index contributed by atoms with van der Waals surface area (Å²) in [6.07, 6.45) is 4.89. The van der Waals surface area contributed by atoms with Crippen LogP contribution in [-0.2, 0) is 13.0 Å². The maximum atomic E-state index is 13.7. The van der Waals surface area contributed by atoms with Crippen LogP contribution in [0.3, 0.4) is 0 Å². The van der Waals surface area contributed by atoms with E-state index < -0.39 is 0 Å². The molecule has 130 valence electrons. The van der Waals surface area contributed by atoms with Crippen molar-refractivity contribution in [2.75, 3.05) is 33.2 Å². The fourth-order valence-corrected chi connectivity index (χ4v) is 3.58. The molecule has 1 aliphatic rings. The Balaban J connectivity index is 1.45. The van der Waals surface area contributed by atoms with Gasteiger partial charge in [-0.25, -0.2) is 4.39 Å². The summed E-state index contributed by atoms with van der Waals surface area (Å²) in [6, 6.07) is 9.02. The zero-order valence-corrected chi connectivity index (χ0v) is 14.3. The average molecular weight is 331 g/mol. The van der Waals surface area contributed by atoms with Crippen molar-refractivity contribution in [2.24, 2.45) is 5.92 Å². The smallest absolute Gasteiger partial charge is 0.126 e. The first kappa shape index (κ1) is 17.1. The number of hydrogen-bond acceptors (Lipinski definition) is 4. The highest BCUT2D eigenvalue weighted by Crippen LogP contribution is 2.19. The molecule has 1 fully saturated rings. The van der Waals surface area contributed by atoms with E-state index in [-0.39, 0.29) is 5.82 Å². The number of piperidine rings is 1. The van der Waals surface area contributed by atoms with Crippen LogP contribution < -0.4 is 0 Å². The molecule has 24 heavy (non-hydrogen) atoms. The van der Waals surface area contributed by atoms with Gasteiger partial charge in [0.25, 0.3) is 0 Å². The number of hydrogen-bond donors (Lipinski definition) is 0. The first-order chi connectivity index (χ1) is 11.7. The third kappa shape index (κ3) is 4.89. The molecular weight excluding hydrogens is 305 g/mol. The van der Waals surface area contributed by atoms with Crippen molar-refractivity contribution < 1.29 is 8.91 Å². The fourth-order valence-electron chi connectivity index (χ4n) is 3.58. The highest BCUT2D eigenvalue weighted by molar-refractivity contribution is 5.17. The van der Waals surface area contributed by atoms with Crippen LogP contribution in [-0.4, -0.2) is 48.2 Å². The molecule has 1 atom stereocenters. The number of nitrogens with zero attached hydrogens (tertiary/aromatic N) is 3. The lowest BCUT2D eigenvalue weighted by Gasteiger charge is -2.34. The van der Waals surface area contributed by atoms with Gasteiger partial charge in [-0.1, -0.05) is 23.4 Å². The van der Waals surface area contributed by atoms with Gasteiger partial charge in [-0.3, -0.25) is 0 Å². The Morgan fingerprint density at radius 2 is 2.21 bits per heavy atom. The molecule has 0 bridgehead atoms. The summed E-state index contributed by atoms with van der Waals surface area (Å²) in [5.74, 6) is 0.578. The van der Waals surface area contributed by atoms with Gasteiger partial charge in [0, 0.05) is 32.2 Å². The third-order valence-electron chi connectivity index (χ3n) is 4.75. The molecule has 0 amide bonds. The van der Waals surface area contributed by atoms with Gasteiger partial charge in [-0.2, -0.15) is 0 Å². The lowest BCUT2D eigenvalue weighted by atomic mass is 9.97. The van der Waals surface area contributed by atoms with E-state index in [1.807, 2.05) is 18.2 Å². The molecule has 1 aliphatic heterocycles. The van der Waals surface area contributed by atoms with E-state index >= 15 is 0 Å². The SMILES string of the molecule is CN(Cc1ccon1)C[C@H]1CCCN(CCc2ccccc2F)C1. The minimum Gasteiger partial charge on any atom is -0.364 e. The monoisotopic (exact) mass is 331 g/mol. The van der Waals surface area contributed by atoms with Crippen LogP contribution in [0.25, 0.3) is 0 Å². The van der Waals surface area contributed by atoms with Gasteiger partial charge >= 0.3 is 0 Å². The second kappa shape index (κ2) is 8.40. The molecule has 0 N–H and O–H groups in total. The van der Waals surface area contributed by atoms with Crippen LogP contribution in [0.1, 0.15) is 24.1 Å². The molecule has 2 heterocycles. The van der Waals surface area contributed by atoms with E-state index in [9.17, 15) is 4.39 Å². The van der Waals surface area contributed by atoms with Crippen LogP contribution in [0.4, 0.5) is 4.39 Å². The summed E-state index contributed by atoms with van der Waals surface area (Å²) in [5.41, 5.74) is 1.80. The summed E-state index contributed by atoms with van der Waals surface area (Å²) in [7, 11) is 2.13. The van der Waals surface area contributed by atoms with Gasteiger partial charge in [-0.05, 0) is 50.4 Å². The Labute approximate surface area is 143 Å². The van der Waals surface area contributed by atoms with E-state index in [1.165, 1.54) is 12.8 Å². The summed E-state index contributed by atoms with van der Waals surface area (Å²) < 4.78 is 18.6. The van der Waals surface area contributed by atoms with Gasteiger partial charge in [0.2, 0.25) is 0 Å². The van der Waals surface area contributed by atoms with Crippen molar-refractivity contribution in [3.63, 3.8) is 0 Å². The summed E-state index contributed by atoms with van der Waals surface area (Å²) in [6.45, 7) is 5.03. The van der Waals surface area contributed by atoms with Crippen LogP contribution in [0.15, 0.2) is 41.1 Å². The van der Waals surface area contributed by atoms with Gasteiger partial charge in [0.15, 0.2) is 0 Å². The Morgan fingerprint density at radius 1 is 1.33 bits per heavy atom. The number of benzene rings is 1. The van der Waals surface area contributed by atoms with Crippen LogP contribution in [0.5, 0.6) is 0 Å². The van der Waals surface area contributed by atoms with Crippen LogP contribution >= 0.6 is 0 Å². The molecular formula is C19H26FN3O. The van der Waals surface area contributed by atoms with Gasteiger partial charge in [-0.15, -0.1) is 0 Å². The maximum Gasteiger partial charge on any atom is 0.126 e. The quantitative estimate of drug-likeness (QED) is 0.780. The van der Waals surface area contributed by atoms with Gasteiger partial charge in [0.1, 0.15) is 12.1 Å². The van der Waals surface area contributed by atoms with Gasteiger partial charge in [0.05, 0.1) is 5.69 Å². The van der Waals surface area contributed by atoms with E-state index in [4.69, 9.17) is 4.52 Å². The Kier molecular flexibility index (Phi) is 5.99.